The maximum atomic E-state index is 5.91. The molecule has 1 aromatic heterocycles. The maximum absolute atomic E-state index is 5.91. The third-order valence-corrected chi connectivity index (χ3v) is 4.21. The molecule has 2 aromatic carbocycles. The summed E-state index contributed by atoms with van der Waals surface area (Å²) in [5, 5.41) is 2.59. The van der Waals surface area contributed by atoms with Gasteiger partial charge in [0, 0.05) is 16.8 Å². The predicted molar refractivity (Wildman–Crippen MR) is 82.2 cm³/mol. The molecular formula is C16H14N2S. The van der Waals surface area contributed by atoms with Gasteiger partial charge in [0.2, 0.25) is 0 Å². The van der Waals surface area contributed by atoms with E-state index in [0.717, 1.165) is 16.3 Å². The van der Waals surface area contributed by atoms with Gasteiger partial charge in [0.25, 0.3) is 0 Å². The van der Waals surface area contributed by atoms with Crippen LogP contribution in [0.3, 0.4) is 0 Å². The van der Waals surface area contributed by atoms with Crippen LogP contribution in [0.4, 0.5) is 5.69 Å². The third kappa shape index (κ3) is 2.56. The molecule has 0 spiro atoms. The molecule has 0 saturated carbocycles. The fraction of sp³-hybridized carbons (Fsp3) is 0.0625. The smallest absolute Gasteiger partial charge is 0.0638 e. The molecule has 0 aliphatic carbocycles. The Morgan fingerprint density at radius 1 is 1.00 bits per heavy atom. The van der Waals surface area contributed by atoms with Crippen LogP contribution in [0, 0.1) is 0 Å². The number of thioether (sulfide) groups is 1. The van der Waals surface area contributed by atoms with Crippen LogP contribution in [-0.4, -0.2) is 4.98 Å². The standard InChI is InChI=1S/C16H14N2S/c17-15-10-18-9-8-16(15)19-11-13-6-3-5-12-4-1-2-7-14(12)13/h1-10H,11,17H2. The number of benzene rings is 2. The van der Waals surface area contributed by atoms with Crippen molar-refractivity contribution in [1.29, 1.82) is 0 Å². The first-order valence-electron chi connectivity index (χ1n) is 6.13. The van der Waals surface area contributed by atoms with E-state index >= 15 is 0 Å². The number of nitrogen functional groups attached to an aromatic ring is 1. The van der Waals surface area contributed by atoms with Gasteiger partial charge in [-0.25, -0.2) is 0 Å². The average Bonchev–Trinajstić information content (AvgIpc) is 2.46. The van der Waals surface area contributed by atoms with Gasteiger partial charge >= 0.3 is 0 Å². The Kier molecular flexibility index (Phi) is 3.38. The first kappa shape index (κ1) is 12.1. The van der Waals surface area contributed by atoms with E-state index in [0.29, 0.717) is 0 Å². The molecule has 0 aliphatic rings. The second-order valence-corrected chi connectivity index (χ2v) is 5.36. The van der Waals surface area contributed by atoms with E-state index in [4.69, 9.17) is 5.73 Å². The number of nitrogens with zero attached hydrogens (tertiary/aromatic N) is 1. The van der Waals surface area contributed by atoms with Gasteiger partial charge in [-0.3, -0.25) is 4.98 Å². The number of aromatic nitrogens is 1. The van der Waals surface area contributed by atoms with Crippen LogP contribution in [0.5, 0.6) is 0 Å². The Labute approximate surface area is 116 Å². The lowest BCUT2D eigenvalue weighted by molar-refractivity contribution is 1.27. The van der Waals surface area contributed by atoms with Crippen molar-refractivity contribution in [2.24, 2.45) is 0 Å². The van der Waals surface area contributed by atoms with E-state index in [1.165, 1.54) is 16.3 Å². The minimum Gasteiger partial charge on any atom is -0.397 e. The van der Waals surface area contributed by atoms with Crippen LogP contribution < -0.4 is 5.73 Å². The highest BCUT2D eigenvalue weighted by Crippen LogP contribution is 2.29. The van der Waals surface area contributed by atoms with Gasteiger partial charge in [-0.05, 0) is 22.4 Å². The van der Waals surface area contributed by atoms with Crippen molar-refractivity contribution in [3.63, 3.8) is 0 Å². The minimum atomic E-state index is 0.743. The van der Waals surface area contributed by atoms with Crippen molar-refractivity contribution in [2.45, 2.75) is 10.6 Å². The first-order valence-corrected chi connectivity index (χ1v) is 7.12. The van der Waals surface area contributed by atoms with Crippen LogP contribution in [0.25, 0.3) is 10.8 Å². The summed E-state index contributed by atoms with van der Waals surface area (Å²) in [6.07, 6.45) is 3.48. The monoisotopic (exact) mass is 266 g/mol. The quantitative estimate of drug-likeness (QED) is 0.725. The third-order valence-electron chi connectivity index (χ3n) is 3.07. The van der Waals surface area contributed by atoms with E-state index in [2.05, 4.69) is 47.4 Å². The van der Waals surface area contributed by atoms with Crippen molar-refractivity contribution in [1.82, 2.24) is 4.98 Å². The van der Waals surface area contributed by atoms with Gasteiger partial charge in [0.05, 0.1) is 11.9 Å². The van der Waals surface area contributed by atoms with Crippen molar-refractivity contribution < 1.29 is 0 Å². The van der Waals surface area contributed by atoms with Crippen molar-refractivity contribution in [3.8, 4) is 0 Å². The molecule has 3 aromatic rings. The number of anilines is 1. The van der Waals surface area contributed by atoms with Gasteiger partial charge < -0.3 is 5.73 Å². The topological polar surface area (TPSA) is 38.9 Å². The highest BCUT2D eigenvalue weighted by Gasteiger charge is 2.03. The zero-order chi connectivity index (χ0) is 13.1. The fourth-order valence-electron chi connectivity index (χ4n) is 2.10. The van der Waals surface area contributed by atoms with Gasteiger partial charge in [-0.2, -0.15) is 0 Å². The lowest BCUT2D eigenvalue weighted by Gasteiger charge is -2.07. The minimum absolute atomic E-state index is 0.743. The molecule has 3 rings (SSSR count). The molecule has 3 heteroatoms. The number of hydrogen-bond acceptors (Lipinski definition) is 3. The summed E-state index contributed by atoms with van der Waals surface area (Å²) in [6.45, 7) is 0. The lowest BCUT2D eigenvalue weighted by atomic mass is 10.1. The number of pyridine rings is 1. The second kappa shape index (κ2) is 5.33. The van der Waals surface area contributed by atoms with Crippen LogP contribution in [0.1, 0.15) is 5.56 Å². The molecule has 0 saturated heterocycles. The summed E-state index contributed by atoms with van der Waals surface area (Å²) in [4.78, 5) is 5.10. The summed E-state index contributed by atoms with van der Waals surface area (Å²) in [6, 6.07) is 16.8. The molecule has 0 fully saturated rings. The Hall–Kier alpha value is -2.00. The Balaban J connectivity index is 1.88. The Morgan fingerprint density at radius 3 is 2.74 bits per heavy atom. The van der Waals surface area contributed by atoms with Crippen molar-refractivity contribution in [2.75, 3.05) is 5.73 Å². The molecule has 1 heterocycles. The fourth-order valence-corrected chi connectivity index (χ4v) is 3.04. The van der Waals surface area contributed by atoms with Crippen molar-refractivity contribution >= 4 is 28.2 Å². The molecule has 0 amide bonds. The van der Waals surface area contributed by atoms with Crippen LogP contribution in [-0.2, 0) is 5.75 Å². The summed E-state index contributed by atoms with van der Waals surface area (Å²) < 4.78 is 0. The van der Waals surface area contributed by atoms with Crippen LogP contribution >= 0.6 is 11.8 Å². The van der Waals surface area contributed by atoms with E-state index in [1.54, 1.807) is 24.2 Å². The Morgan fingerprint density at radius 2 is 1.84 bits per heavy atom. The van der Waals surface area contributed by atoms with Crippen LogP contribution in [0.15, 0.2) is 65.8 Å². The average molecular weight is 266 g/mol. The molecule has 0 aliphatic heterocycles. The lowest BCUT2D eigenvalue weighted by Crippen LogP contribution is -1.90. The molecule has 94 valence electrons. The molecule has 19 heavy (non-hydrogen) atoms. The van der Waals surface area contributed by atoms with Gasteiger partial charge in [0.1, 0.15) is 0 Å². The van der Waals surface area contributed by atoms with Gasteiger partial charge in [-0.1, -0.05) is 42.5 Å². The Bertz CT molecular complexity index is 704. The summed E-state index contributed by atoms with van der Waals surface area (Å²) in [5.41, 5.74) is 7.99. The van der Waals surface area contributed by atoms with E-state index in [9.17, 15) is 0 Å². The number of hydrogen-bond donors (Lipinski definition) is 1. The highest BCUT2D eigenvalue weighted by molar-refractivity contribution is 7.98. The SMILES string of the molecule is Nc1cnccc1SCc1cccc2ccccc12. The number of nitrogens with two attached hydrogens (primary N) is 1. The molecule has 0 radical (unpaired) electrons. The van der Waals surface area contributed by atoms with Gasteiger partial charge in [-0.15, -0.1) is 11.8 Å². The predicted octanol–water partition coefficient (Wildman–Crippen LogP) is 4.11. The zero-order valence-corrected chi connectivity index (χ0v) is 11.2. The summed E-state index contributed by atoms with van der Waals surface area (Å²) in [7, 11) is 0. The van der Waals surface area contributed by atoms with Crippen LogP contribution in [0.2, 0.25) is 0 Å². The maximum Gasteiger partial charge on any atom is 0.0638 e. The summed E-state index contributed by atoms with van der Waals surface area (Å²) in [5.74, 6) is 0.912. The highest BCUT2D eigenvalue weighted by atomic mass is 32.2. The molecule has 0 atom stereocenters. The van der Waals surface area contributed by atoms with Gasteiger partial charge in [0.15, 0.2) is 0 Å². The molecule has 2 nitrogen and oxygen atoms in total. The van der Waals surface area contributed by atoms with E-state index < -0.39 is 0 Å². The molecule has 2 N–H and O–H groups in total. The molecule has 0 unspecified atom stereocenters. The zero-order valence-electron chi connectivity index (χ0n) is 10.4. The number of rotatable bonds is 3. The molecule has 0 bridgehead atoms. The number of fused-ring (bicyclic) bond motifs is 1. The normalized spacial score (nSPS) is 10.7. The largest absolute Gasteiger partial charge is 0.397 e. The first-order chi connectivity index (χ1) is 9.34. The van der Waals surface area contributed by atoms with E-state index in [1.807, 2.05) is 6.07 Å². The van der Waals surface area contributed by atoms with Crippen molar-refractivity contribution in [3.05, 3.63) is 66.5 Å². The molecular weight excluding hydrogens is 252 g/mol. The summed E-state index contributed by atoms with van der Waals surface area (Å²) >= 11 is 1.75. The second-order valence-electron chi connectivity index (χ2n) is 4.34. The van der Waals surface area contributed by atoms with E-state index in [-0.39, 0.29) is 0 Å².